The van der Waals surface area contributed by atoms with Crippen LogP contribution < -0.4 is 0 Å². The highest BCUT2D eigenvalue weighted by molar-refractivity contribution is 5.91. The van der Waals surface area contributed by atoms with Gasteiger partial charge in [-0.25, -0.2) is 14.8 Å². The van der Waals surface area contributed by atoms with Crippen molar-refractivity contribution < 1.29 is 9.53 Å². The molecule has 0 aliphatic carbocycles. The Hall–Kier alpha value is -3.41. The van der Waals surface area contributed by atoms with Gasteiger partial charge in [-0.15, -0.1) is 0 Å². The van der Waals surface area contributed by atoms with Crippen molar-refractivity contribution in [2.45, 2.75) is 26.4 Å². The van der Waals surface area contributed by atoms with Crippen LogP contribution in [-0.2, 0) is 4.74 Å². The van der Waals surface area contributed by atoms with Gasteiger partial charge in [-0.1, -0.05) is 6.58 Å². The molecule has 0 fully saturated rings. The Morgan fingerprint density at radius 3 is 2.74 bits per heavy atom. The number of aromatic nitrogens is 4. The van der Waals surface area contributed by atoms with Crippen LogP contribution in [0, 0.1) is 0 Å². The van der Waals surface area contributed by atoms with Crippen LogP contribution in [0.4, 0.5) is 4.79 Å². The second-order valence-electron chi connectivity index (χ2n) is 7.31. The molecule has 4 aromatic rings. The van der Waals surface area contributed by atoms with E-state index in [0.717, 1.165) is 33.4 Å². The lowest BCUT2D eigenvalue weighted by atomic mass is 10.2. The molecule has 6 heteroatoms. The van der Waals surface area contributed by atoms with Crippen molar-refractivity contribution in [1.29, 1.82) is 0 Å². The fraction of sp³-hybridized carbons (Fsp3) is 0.190. The first-order chi connectivity index (χ1) is 12.9. The number of rotatable bonds is 2. The molecule has 0 atom stereocenters. The summed E-state index contributed by atoms with van der Waals surface area (Å²) >= 11 is 0. The van der Waals surface area contributed by atoms with Crippen molar-refractivity contribution in [3.8, 4) is 5.69 Å². The van der Waals surface area contributed by atoms with Crippen LogP contribution in [0.5, 0.6) is 0 Å². The molecule has 0 aliphatic rings. The Bertz CT molecular complexity index is 1180. The van der Waals surface area contributed by atoms with E-state index in [4.69, 9.17) is 4.74 Å². The fourth-order valence-electron chi connectivity index (χ4n) is 2.96. The average Bonchev–Trinajstić information content (AvgIpc) is 3.23. The number of benzene rings is 1. The number of hydrogen-bond donors (Lipinski definition) is 0. The summed E-state index contributed by atoms with van der Waals surface area (Å²) in [5.74, 6) is 0. The summed E-state index contributed by atoms with van der Waals surface area (Å²) in [6.45, 7) is 9.32. The molecule has 0 spiro atoms. The molecular weight excluding hydrogens is 340 g/mol. The molecule has 3 heterocycles. The van der Waals surface area contributed by atoms with E-state index < -0.39 is 11.7 Å². The van der Waals surface area contributed by atoms with Crippen LogP contribution in [0.25, 0.3) is 33.8 Å². The molecule has 0 amide bonds. The van der Waals surface area contributed by atoms with Crippen molar-refractivity contribution in [1.82, 2.24) is 19.1 Å². The smallest absolute Gasteiger partial charge is 0.418 e. The van der Waals surface area contributed by atoms with Crippen LogP contribution in [-0.4, -0.2) is 30.8 Å². The molecule has 3 aromatic heterocycles. The predicted molar refractivity (Wildman–Crippen MR) is 106 cm³/mol. The van der Waals surface area contributed by atoms with Crippen molar-refractivity contribution in [3.63, 3.8) is 0 Å². The minimum atomic E-state index is -0.544. The molecule has 0 saturated carbocycles. The van der Waals surface area contributed by atoms with E-state index >= 15 is 0 Å². The first kappa shape index (κ1) is 17.0. The van der Waals surface area contributed by atoms with Crippen LogP contribution in [0.2, 0.25) is 0 Å². The Balaban J connectivity index is 1.77. The predicted octanol–water partition coefficient (Wildman–Crippen LogP) is 4.80. The number of hydrogen-bond acceptors (Lipinski definition) is 4. The molecule has 0 saturated heterocycles. The Kier molecular flexibility index (Phi) is 3.84. The van der Waals surface area contributed by atoms with Gasteiger partial charge >= 0.3 is 6.09 Å². The van der Waals surface area contributed by atoms with E-state index in [1.165, 1.54) is 4.57 Å². The minimum Gasteiger partial charge on any atom is -0.443 e. The van der Waals surface area contributed by atoms with Crippen molar-refractivity contribution in [3.05, 3.63) is 61.2 Å². The molecule has 0 radical (unpaired) electrons. The van der Waals surface area contributed by atoms with Crippen LogP contribution >= 0.6 is 0 Å². The number of nitrogens with zero attached hydrogens (tertiary/aromatic N) is 4. The van der Waals surface area contributed by atoms with Gasteiger partial charge in [0.1, 0.15) is 17.4 Å². The topological polar surface area (TPSA) is 61.9 Å². The lowest BCUT2D eigenvalue weighted by Gasteiger charge is -2.19. The Labute approximate surface area is 156 Å². The molecule has 0 aliphatic heterocycles. The summed E-state index contributed by atoms with van der Waals surface area (Å²) in [5, 5.41) is 0.931. The van der Waals surface area contributed by atoms with Crippen molar-refractivity contribution in [2.24, 2.45) is 0 Å². The summed E-state index contributed by atoms with van der Waals surface area (Å²) in [5.41, 5.74) is 3.53. The van der Waals surface area contributed by atoms with Crippen LogP contribution in [0.1, 0.15) is 26.5 Å². The molecule has 0 unspecified atom stereocenters. The quantitative estimate of drug-likeness (QED) is 0.515. The number of carbonyl (C=O) groups excluding carboxylic acids is 1. The van der Waals surface area contributed by atoms with Gasteiger partial charge < -0.3 is 4.74 Å². The number of pyridine rings is 1. The Morgan fingerprint density at radius 2 is 2.00 bits per heavy atom. The number of carbonyl (C=O) groups is 1. The fourth-order valence-corrected chi connectivity index (χ4v) is 2.96. The van der Waals surface area contributed by atoms with E-state index in [0.29, 0.717) is 0 Å². The zero-order valence-electron chi connectivity index (χ0n) is 15.5. The highest BCUT2D eigenvalue weighted by atomic mass is 16.6. The van der Waals surface area contributed by atoms with Gasteiger partial charge in [0.2, 0.25) is 0 Å². The molecule has 0 bridgehead atoms. The largest absolute Gasteiger partial charge is 0.443 e. The SMILES string of the molecule is C=Cc1ccc2ncn(-c3ccc4c(ccn4C(=O)OC(C)(C)C)c3)c2n1. The average molecular weight is 360 g/mol. The molecule has 27 heavy (non-hydrogen) atoms. The van der Waals surface area contributed by atoms with Gasteiger partial charge in [0, 0.05) is 17.3 Å². The van der Waals surface area contributed by atoms with E-state index in [-0.39, 0.29) is 0 Å². The maximum absolute atomic E-state index is 12.4. The molecule has 6 nitrogen and oxygen atoms in total. The summed E-state index contributed by atoms with van der Waals surface area (Å²) in [6.07, 6.45) is 4.79. The van der Waals surface area contributed by atoms with Crippen molar-refractivity contribution in [2.75, 3.05) is 0 Å². The van der Waals surface area contributed by atoms with Crippen LogP contribution in [0.3, 0.4) is 0 Å². The van der Waals surface area contributed by atoms with E-state index in [1.54, 1.807) is 18.6 Å². The van der Waals surface area contributed by atoms with E-state index in [9.17, 15) is 4.79 Å². The number of ether oxygens (including phenoxy) is 1. The first-order valence-corrected chi connectivity index (χ1v) is 8.67. The summed E-state index contributed by atoms with van der Waals surface area (Å²) in [6, 6.07) is 11.5. The minimum absolute atomic E-state index is 0.393. The van der Waals surface area contributed by atoms with Gasteiger partial charge in [0.15, 0.2) is 5.65 Å². The molecule has 4 rings (SSSR count). The molecule has 136 valence electrons. The summed E-state index contributed by atoms with van der Waals surface area (Å²) in [7, 11) is 0. The zero-order valence-corrected chi connectivity index (χ0v) is 15.5. The third-order valence-corrected chi connectivity index (χ3v) is 4.17. The standard InChI is InChI=1S/C21H20N4O2/c1-5-15-6-8-17-19(23-15)25(13-22-17)16-7-9-18-14(12-16)10-11-24(18)20(26)27-21(2,3)4/h5-13H,1H2,2-4H3. The molecule has 0 N–H and O–H groups in total. The highest BCUT2D eigenvalue weighted by Gasteiger charge is 2.19. The van der Waals surface area contributed by atoms with Gasteiger partial charge in [-0.2, -0.15) is 0 Å². The van der Waals surface area contributed by atoms with E-state index in [2.05, 4.69) is 16.5 Å². The monoisotopic (exact) mass is 360 g/mol. The molecule has 1 aromatic carbocycles. The third-order valence-electron chi connectivity index (χ3n) is 4.17. The summed E-state index contributed by atoms with van der Waals surface area (Å²) in [4.78, 5) is 21.4. The van der Waals surface area contributed by atoms with Gasteiger partial charge in [-0.3, -0.25) is 9.13 Å². The Morgan fingerprint density at radius 1 is 1.19 bits per heavy atom. The van der Waals surface area contributed by atoms with Gasteiger partial charge in [0.05, 0.1) is 11.2 Å². The highest BCUT2D eigenvalue weighted by Crippen LogP contribution is 2.24. The maximum Gasteiger partial charge on any atom is 0.418 e. The van der Waals surface area contributed by atoms with Gasteiger partial charge in [0.25, 0.3) is 0 Å². The van der Waals surface area contributed by atoms with Crippen LogP contribution in [0.15, 0.2) is 55.5 Å². The first-order valence-electron chi connectivity index (χ1n) is 8.67. The third kappa shape index (κ3) is 3.10. The van der Waals surface area contributed by atoms with E-state index in [1.807, 2.05) is 61.7 Å². The lowest BCUT2D eigenvalue weighted by Crippen LogP contribution is -2.26. The zero-order chi connectivity index (χ0) is 19.2. The second kappa shape index (κ2) is 6.09. The number of fused-ring (bicyclic) bond motifs is 2. The summed E-state index contributed by atoms with van der Waals surface area (Å²) < 4.78 is 8.91. The lowest BCUT2D eigenvalue weighted by molar-refractivity contribution is 0.0544. The number of imidazole rings is 1. The normalized spacial score (nSPS) is 11.8. The van der Waals surface area contributed by atoms with Gasteiger partial charge in [-0.05, 0) is 63.2 Å². The second-order valence-corrected chi connectivity index (χ2v) is 7.31. The van der Waals surface area contributed by atoms with Crippen molar-refractivity contribution >= 4 is 34.2 Å². The molecular formula is C21H20N4O2. The maximum atomic E-state index is 12.4.